The minimum Gasteiger partial charge on any atom is -0.497 e. The Kier molecular flexibility index (Phi) is 4.47. The number of rotatable bonds is 5. The van der Waals surface area contributed by atoms with Gasteiger partial charge in [0, 0.05) is 6.20 Å². The van der Waals surface area contributed by atoms with Crippen LogP contribution >= 0.6 is 11.3 Å². The number of thiazole rings is 1. The predicted molar refractivity (Wildman–Crippen MR) is 104 cm³/mol. The van der Waals surface area contributed by atoms with Gasteiger partial charge in [-0.2, -0.15) is 5.10 Å². The minimum absolute atomic E-state index is 0.308. The predicted octanol–water partition coefficient (Wildman–Crippen LogP) is 3.75. The molecule has 1 amide bonds. The van der Waals surface area contributed by atoms with Crippen LogP contribution in [0.25, 0.3) is 15.9 Å². The maximum atomic E-state index is 12.5. The van der Waals surface area contributed by atoms with E-state index in [1.807, 2.05) is 42.5 Å². The lowest BCUT2D eigenvalue weighted by molar-refractivity contribution is 0.102. The van der Waals surface area contributed by atoms with Gasteiger partial charge in [0.2, 0.25) is 0 Å². The third kappa shape index (κ3) is 3.47. The molecule has 2 heterocycles. The number of fused-ring (bicyclic) bond motifs is 1. The molecular formula is C19H16N4O3S. The van der Waals surface area contributed by atoms with Gasteiger partial charge in [0.05, 0.1) is 30.1 Å². The molecule has 2 aromatic heterocycles. The quantitative estimate of drug-likeness (QED) is 0.570. The number of anilines is 1. The summed E-state index contributed by atoms with van der Waals surface area (Å²) in [5.41, 5.74) is 1.95. The average Bonchev–Trinajstić information content (AvgIpc) is 3.34. The number of nitrogens with one attached hydrogen (secondary N) is 1. The second kappa shape index (κ2) is 7.08. The van der Waals surface area contributed by atoms with Gasteiger partial charge in [0.1, 0.15) is 11.5 Å². The summed E-state index contributed by atoms with van der Waals surface area (Å²) >= 11 is 1.39. The number of aromatic nitrogens is 3. The van der Waals surface area contributed by atoms with Gasteiger partial charge >= 0.3 is 0 Å². The van der Waals surface area contributed by atoms with E-state index in [-0.39, 0.29) is 5.91 Å². The first-order chi connectivity index (χ1) is 13.2. The van der Waals surface area contributed by atoms with Crippen LogP contribution in [-0.4, -0.2) is 34.9 Å². The fourth-order valence-electron chi connectivity index (χ4n) is 2.57. The Balaban J connectivity index is 1.52. The molecule has 0 saturated heterocycles. The highest BCUT2D eigenvalue weighted by atomic mass is 32.1. The molecule has 1 N–H and O–H groups in total. The highest BCUT2D eigenvalue weighted by Crippen LogP contribution is 2.29. The molecule has 0 bridgehead atoms. The third-order valence-corrected chi connectivity index (χ3v) is 4.91. The van der Waals surface area contributed by atoms with Crippen LogP contribution in [0.1, 0.15) is 10.5 Å². The molecule has 136 valence electrons. The van der Waals surface area contributed by atoms with Crippen molar-refractivity contribution in [3.63, 3.8) is 0 Å². The molecule has 7 nitrogen and oxygen atoms in total. The van der Waals surface area contributed by atoms with Crippen molar-refractivity contribution in [3.05, 3.63) is 60.4 Å². The Bertz CT molecular complexity index is 1100. The molecule has 0 radical (unpaired) electrons. The van der Waals surface area contributed by atoms with Crippen molar-refractivity contribution in [2.24, 2.45) is 0 Å². The zero-order valence-corrected chi connectivity index (χ0v) is 15.5. The van der Waals surface area contributed by atoms with Crippen LogP contribution in [0.2, 0.25) is 0 Å². The van der Waals surface area contributed by atoms with E-state index in [0.717, 1.165) is 27.4 Å². The van der Waals surface area contributed by atoms with Crippen molar-refractivity contribution in [3.8, 4) is 17.2 Å². The topological polar surface area (TPSA) is 78.3 Å². The Hall–Kier alpha value is -3.39. The van der Waals surface area contributed by atoms with Gasteiger partial charge in [-0.3, -0.25) is 10.1 Å². The van der Waals surface area contributed by atoms with Crippen molar-refractivity contribution >= 4 is 32.6 Å². The summed E-state index contributed by atoms with van der Waals surface area (Å²) in [6, 6.07) is 14.7. The van der Waals surface area contributed by atoms with E-state index in [9.17, 15) is 4.79 Å². The summed E-state index contributed by atoms with van der Waals surface area (Å²) in [7, 11) is 3.23. The molecule has 2 aromatic carbocycles. The molecule has 0 spiro atoms. The van der Waals surface area contributed by atoms with E-state index in [1.165, 1.54) is 11.3 Å². The minimum atomic E-state index is -0.312. The highest BCUT2D eigenvalue weighted by Gasteiger charge is 2.13. The SMILES string of the molecule is COc1ccc(-n2ccc(C(=O)Nc3nc4ccc(OC)cc4s3)n2)cc1. The van der Waals surface area contributed by atoms with Crippen LogP contribution in [0, 0.1) is 0 Å². The molecule has 0 unspecified atom stereocenters. The lowest BCUT2D eigenvalue weighted by Gasteiger charge is -2.03. The van der Waals surface area contributed by atoms with E-state index < -0.39 is 0 Å². The van der Waals surface area contributed by atoms with E-state index >= 15 is 0 Å². The summed E-state index contributed by atoms with van der Waals surface area (Å²) in [5, 5.41) is 7.65. The maximum absolute atomic E-state index is 12.5. The van der Waals surface area contributed by atoms with Gasteiger partial charge in [-0.15, -0.1) is 0 Å². The molecule has 27 heavy (non-hydrogen) atoms. The molecule has 8 heteroatoms. The number of ether oxygens (including phenoxy) is 2. The molecule has 0 aliphatic heterocycles. The summed E-state index contributed by atoms with van der Waals surface area (Å²) in [6.45, 7) is 0. The zero-order valence-electron chi connectivity index (χ0n) is 14.7. The van der Waals surface area contributed by atoms with Crippen molar-refractivity contribution < 1.29 is 14.3 Å². The number of methoxy groups -OCH3 is 2. The van der Waals surface area contributed by atoms with Gasteiger partial charge in [-0.25, -0.2) is 9.67 Å². The monoisotopic (exact) mass is 380 g/mol. The van der Waals surface area contributed by atoms with Crippen LogP contribution in [0.3, 0.4) is 0 Å². The molecule has 4 aromatic rings. The van der Waals surface area contributed by atoms with Crippen molar-refractivity contribution in [2.75, 3.05) is 19.5 Å². The van der Waals surface area contributed by atoms with Crippen LogP contribution in [0.5, 0.6) is 11.5 Å². The third-order valence-electron chi connectivity index (χ3n) is 3.97. The smallest absolute Gasteiger partial charge is 0.277 e. The Morgan fingerprint density at radius 1 is 1.04 bits per heavy atom. The maximum Gasteiger partial charge on any atom is 0.277 e. The summed E-state index contributed by atoms with van der Waals surface area (Å²) < 4.78 is 12.9. The van der Waals surface area contributed by atoms with E-state index in [4.69, 9.17) is 9.47 Å². The fraction of sp³-hybridized carbons (Fsp3) is 0.105. The molecule has 0 fully saturated rings. The van der Waals surface area contributed by atoms with Gasteiger partial charge in [-0.05, 0) is 48.5 Å². The standard InChI is InChI=1S/C19H16N4O3S/c1-25-13-5-3-12(4-6-13)23-10-9-16(22-23)18(24)21-19-20-15-8-7-14(26-2)11-17(15)27-19/h3-11H,1-2H3,(H,20,21,24). The number of benzene rings is 2. The number of nitrogens with zero attached hydrogens (tertiary/aromatic N) is 3. The molecular weight excluding hydrogens is 364 g/mol. The number of hydrogen-bond acceptors (Lipinski definition) is 6. The largest absolute Gasteiger partial charge is 0.497 e. The van der Waals surface area contributed by atoms with E-state index in [2.05, 4.69) is 15.4 Å². The molecule has 0 atom stereocenters. The van der Waals surface area contributed by atoms with Gasteiger partial charge < -0.3 is 9.47 Å². The van der Waals surface area contributed by atoms with Crippen molar-refractivity contribution in [2.45, 2.75) is 0 Å². The first-order valence-electron chi connectivity index (χ1n) is 8.12. The number of amides is 1. The van der Waals surface area contributed by atoms with Gasteiger partial charge in [0.15, 0.2) is 10.8 Å². The molecule has 0 aliphatic carbocycles. The summed E-state index contributed by atoms with van der Waals surface area (Å²) in [5.74, 6) is 1.20. The lowest BCUT2D eigenvalue weighted by Crippen LogP contribution is -2.13. The number of carbonyl (C=O) groups is 1. The highest BCUT2D eigenvalue weighted by molar-refractivity contribution is 7.22. The lowest BCUT2D eigenvalue weighted by atomic mass is 10.3. The molecule has 0 saturated carbocycles. The Morgan fingerprint density at radius 2 is 1.78 bits per heavy atom. The van der Waals surface area contributed by atoms with Crippen LogP contribution < -0.4 is 14.8 Å². The van der Waals surface area contributed by atoms with Crippen LogP contribution in [0.4, 0.5) is 5.13 Å². The first-order valence-corrected chi connectivity index (χ1v) is 8.94. The molecule has 4 rings (SSSR count). The van der Waals surface area contributed by atoms with Crippen molar-refractivity contribution in [1.82, 2.24) is 14.8 Å². The number of carbonyl (C=O) groups excluding carboxylic acids is 1. The fourth-order valence-corrected chi connectivity index (χ4v) is 3.46. The zero-order chi connectivity index (χ0) is 18.8. The Labute approximate surface area is 159 Å². The van der Waals surface area contributed by atoms with Crippen molar-refractivity contribution in [1.29, 1.82) is 0 Å². The number of hydrogen-bond donors (Lipinski definition) is 1. The van der Waals surface area contributed by atoms with Crippen LogP contribution in [0.15, 0.2) is 54.7 Å². The first kappa shape index (κ1) is 17.0. The Morgan fingerprint density at radius 3 is 2.52 bits per heavy atom. The van der Waals surface area contributed by atoms with Gasteiger partial charge in [0.25, 0.3) is 5.91 Å². The average molecular weight is 380 g/mol. The normalized spacial score (nSPS) is 10.7. The second-order valence-electron chi connectivity index (χ2n) is 5.65. The summed E-state index contributed by atoms with van der Waals surface area (Å²) in [6.07, 6.45) is 1.74. The summed E-state index contributed by atoms with van der Waals surface area (Å²) in [4.78, 5) is 16.9. The van der Waals surface area contributed by atoms with Crippen LogP contribution in [-0.2, 0) is 0 Å². The molecule has 0 aliphatic rings. The second-order valence-corrected chi connectivity index (χ2v) is 6.68. The van der Waals surface area contributed by atoms with Gasteiger partial charge in [-0.1, -0.05) is 11.3 Å². The van der Waals surface area contributed by atoms with E-state index in [1.54, 1.807) is 31.2 Å². The van der Waals surface area contributed by atoms with E-state index in [0.29, 0.717) is 10.8 Å².